The van der Waals surface area contributed by atoms with E-state index in [0.717, 1.165) is 9.69 Å². The van der Waals surface area contributed by atoms with Gasteiger partial charge in [0.2, 0.25) is 11.8 Å². The highest BCUT2D eigenvalue weighted by Crippen LogP contribution is 2.21. The molecular formula is C32H41N5O8S. The van der Waals surface area contributed by atoms with Crippen LogP contribution in [0.3, 0.4) is 0 Å². The fourth-order valence-corrected chi connectivity index (χ4v) is 6.32. The van der Waals surface area contributed by atoms with E-state index in [-0.39, 0.29) is 44.0 Å². The number of carboxylic acid groups (broad SMARTS) is 1. The Hall–Kier alpha value is -4.24. The third-order valence-electron chi connectivity index (χ3n) is 6.95. The third kappa shape index (κ3) is 10.7. The van der Waals surface area contributed by atoms with E-state index in [9.17, 15) is 37.8 Å². The van der Waals surface area contributed by atoms with Gasteiger partial charge in [-0.3, -0.25) is 24.5 Å². The number of benzene rings is 2. The van der Waals surface area contributed by atoms with Crippen LogP contribution in [0.5, 0.6) is 0 Å². The molecule has 14 heteroatoms. The van der Waals surface area contributed by atoms with Gasteiger partial charge in [-0.1, -0.05) is 68.4 Å². The van der Waals surface area contributed by atoms with Crippen molar-refractivity contribution in [1.29, 1.82) is 0 Å². The molecule has 2 unspecified atom stereocenters. The van der Waals surface area contributed by atoms with Crippen molar-refractivity contribution in [3.05, 3.63) is 78.0 Å². The number of imide groups is 1. The van der Waals surface area contributed by atoms with E-state index in [0.29, 0.717) is 11.1 Å². The Labute approximate surface area is 268 Å². The van der Waals surface area contributed by atoms with E-state index >= 15 is 0 Å². The lowest BCUT2D eigenvalue weighted by molar-refractivity contribution is -0.142. The first-order chi connectivity index (χ1) is 21.6. The standard InChI is InChI=1S/C32H41N5O8S/c1-21(2)19-37(46(44,45)36-32(3,4)31(42)43)20-24(38)18-27(22-10-6-5-7-11-22)34-28(39)16-17-29(40)35-30(41)26-15-14-23-12-8-9-13-25(23)33-26/h5-15,21,24,27,36,38H,16-20H2,1-4H3,(H,34,39)(H,42,43)(H,35,40,41). The molecule has 0 fully saturated rings. The molecule has 0 aliphatic heterocycles. The summed E-state index contributed by atoms with van der Waals surface area (Å²) in [6.07, 6.45) is -1.89. The van der Waals surface area contributed by atoms with Gasteiger partial charge in [0.25, 0.3) is 16.1 Å². The number of carboxylic acids is 1. The third-order valence-corrected chi connectivity index (χ3v) is 8.70. The van der Waals surface area contributed by atoms with Crippen LogP contribution in [-0.2, 0) is 24.6 Å². The van der Waals surface area contributed by atoms with Crippen LogP contribution >= 0.6 is 0 Å². The average molecular weight is 656 g/mol. The molecule has 0 aliphatic carbocycles. The number of hydrogen-bond donors (Lipinski definition) is 5. The van der Waals surface area contributed by atoms with Crippen LogP contribution in [0.4, 0.5) is 0 Å². The first-order valence-corrected chi connectivity index (χ1v) is 16.3. The molecule has 0 aliphatic rings. The molecule has 248 valence electrons. The smallest absolute Gasteiger partial charge is 0.324 e. The zero-order valence-electron chi connectivity index (χ0n) is 26.3. The lowest BCUT2D eigenvalue weighted by Crippen LogP contribution is -2.56. The summed E-state index contributed by atoms with van der Waals surface area (Å²) in [5, 5.41) is 26.3. The van der Waals surface area contributed by atoms with Crippen molar-refractivity contribution in [2.24, 2.45) is 5.92 Å². The first-order valence-electron chi connectivity index (χ1n) is 14.8. The van der Waals surface area contributed by atoms with E-state index in [1.807, 2.05) is 12.1 Å². The monoisotopic (exact) mass is 655 g/mol. The molecular weight excluding hydrogens is 614 g/mol. The Morgan fingerprint density at radius 1 is 0.891 bits per heavy atom. The number of fused-ring (bicyclic) bond motifs is 1. The fraction of sp³-hybridized carbons (Fsp3) is 0.406. The number of amides is 3. The minimum Gasteiger partial charge on any atom is -0.480 e. The maximum Gasteiger partial charge on any atom is 0.324 e. The molecule has 2 atom stereocenters. The SMILES string of the molecule is CC(C)CN(CC(O)CC(NC(=O)CCC(=O)NC(=O)c1ccc2ccccc2n1)c1ccccc1)S(=O)(=O)NC(C)(C)C(=O)O. The van der Waals surface area contributed by atoms with Gasteiger partial charge < -0.3 is 15.5 Å². The van der Waals surface area contributed by atoms with Crippen LogP contribution < -0.4 is 15.4 Å². The summed E-state index contributed by atoms with van der Waals surface area (Å²) in [6.45, 7) is 5.64. The number of rotatable bonds is 16. The second-order valence-corrected chi connectivity index (χ2v) is 13.6. The molecule has 3 amide bonds. The highest BCUT2D eigenvalue weighted by molar-refractivity contribution is 7.87. The fourth-order valence-electron chi connectivity index (χ4n) is 4.59. The summed E-state index contributed by atoms with van der Waals surface area (Å²) in [4.78, 5) is 53.8. The molecule has 5 N–H and O–H groups in total. The maximum absolute atomic E-state index is 13.1. The minimum atomic E-state index is -4.32. The van der Waals surface area contributed by atoms with Crippen molar-refractivity contribution in [3.8, 4) is 0 Å². The predicted octanol–water partition coefficient (Wildman–Crippen LogP) is 2.54. The van der Waals surface area contributed by atoms with Crippen LogP contribution in [0.1, 0.15) is 69.1 Å². The number of carbonyl (C=O) groups excluding carboxylic acids is 3. The average Bonchev–Trinajstić information content (AvgIpc) is 2.98. The number of aliphatic hydroxyl groups excluding tert-OH is 1. The summed E-state index contributed by atoms with van der Waals surface area (Å²) in [6, 6.07) is 18.4. The Morgan fingerprint density at radius 3 is 2.17 bits per heavy atom. The van der Waals surface area contributed by atoms with E-state index in [1.54, 1.807) is 62.4 Å². The van der Waals surface area contributed by atoms with E-state index in [1.165, 1.54) is 19.9 Å². The highest BCUT2D eigenvalue weighted by atomic mass is 32.2. The van der Waals surface area contributed by atoms with Crippen molar-refractivity contribution in [1.82, 2.24) is 24.6 Å². The molecule has 3 aromatic rings. The van der Waals surface area contributed by atoms with Crippen LogP contribution in [-0.4, -0.2) is 76.3 Å². The van der Waals surface area contributed by atoms with Gasteiger partial charge in [0.05, 0.1) is 17.7 Å². The molecule has 46 heavy (non-hydrogen) atoms. The Balaban J connectivity index is 1.64. The number of aliphatic hydroxyl groups is 1. The Morgan fingerprint density at radius 2 is 1.52 bits per heavy atom. The van der Waals surface area contributed by atoms with Gasteiger partial charge in [-0.15, -0.1) is 0 Å². The molecule has 0 saturated carbocycles. The van der Waals surface area contributed by atoms with Gasteiger partial charge in [-0.05, 0) is 43.9 Å². The zero-order chi connectivity index (χ0) is 34.1. The summed E-state index contributed by atoms with van der Waals surface area (Å²) >= 11 is 0. The van der Waals surface area contributed by atoms with Crippen molar-refractivity contribution in [2.75, 3.05) is 13.1 Å². The molecule has 3 rings (SSSR count). The molecule has 0 radical (unpaired) electrons. The summed E-state index contributed by atoms with van der Waals surface area (Å²) in [7, 11) is -4.32. The predicted molar refractivity (Wildman–Crippen MR) is 172 cm³/mol. The molecule has 2 aromatic carbocycles. The van der Waals surface area contributed by atoms with Gasteiger partial charge in [0, 0.05) is 31.3 Å². The maximum atomic E-state index is 13.1. The Kier molecular flexibility index (Phi) is 12.5. The van der Waals surface area contributed by atoms with E-state index in [2.05, 4.69) is 20.3 Å². The first kappa shape index (κ1) is 36.2. The normalized spacial score (nSPS) is 13.4. The minimum absolute atomic E-state index is 0.00696. The van der Waals surface area contributed by atoms with Crippen LogP contribution in [0, 0.1) is 5.92 Å². The van der Waals surface area contributed by atoms with Crippen LogP contribution in [0.2, 0.25) is 0 Å². The van der Waals surface area contributed by atoms with Gasteiger partial charge in [0.15, 0.2) is 0 Å². The topological polar surface area (TPSA) is 195 Å². The summed E-state index contributed by atoms with van der Waals surface area (Å²) < 4.78 is 29.4. The number of aliphatic carboxylic acids is 1. The van der Waals surface area contributed by atoms with Gasteiger partial charge in [0.1, 0.15) is 11.2 Å². The van der Waals surface area contributed by atoms with E-state index < -0.39 is 51.6 Å². The molecule has 13 nitrogen and oxygen atoms in total. The Bertz CT molecular complexity index is 1650. The van der Waals surface area contributed by atoms with Gasteiger partial charge >= 0.3 is 5.97 Å². The zero-order valence-corrected chi connectivity index (χ0v) is 27.1. The quantitative estimate of drug-likeness (QED) is 0.154. The number of aromatic nitrogens is 1. The number of nitrogens with zero attached hydrogens (tertiary/aromatic N) is 2. The van der Waals surface area contributed by atoms with Gasteiger partial charge in [-0.2, -0.15) is 17.4 Å². The highest BCUT2D eigenvalue weighted by Gasteiger charge is 2.36. The van der Waals surface area contributed by atoms with Crippen molar-refractivity contribution in [3.63, 3.8) is 0 Å². The number of carbonyl (C=O) groups is 4. The van der Waals surface area contributed by atoms with Crippen molar-refractivity contribution < 1.29 is 37.8 Å². The number of nitrogens with one attached hydrogen (secondary N) is 3. The lowest BCUT2D eigenvalue weighted by Gasteiger charge is -2.31. The summed E-state index contributed by atoms with van der Waals surface area (Å²) in [5.41, 5.74) is -0.491. The second kappa shape index (κ2) is 15.9. The number of para-hydroxylation sites is 1. The molecule has 0 spiro atoms. The molecule has 0 saturated heterocycles. The summed E-state index contributed by atoms with van der Waals surface area (Å²) in [5.74, 6) is -3.39. The lowest BCUT2D eigenvalue weighted by atomic mass is 10.00. The number of pyridine rings is 1. The van der Waals surface area contributed by atoms with Crippen LogP contribution in [0.15, 0.2) is 66.7 Å². The molecule has 1 heterocycles. The van der Waals surface area contributed by atoms with Crippen LogP contribution in [0.25, 0.3) is 10.9 Å². The van der Waals surface area contributed by atoms with Crippen molar-refractivity contribution >= 4 is 44.8 Å². The van der Waals surface area contributed by atoms with Crippen molar-refractivity contribution in [2.45, 2.75) is 64.6 Å². The largest absolute Gasteiger partial charge is 0.480 e. The molecule has 1 aromatic heterocycles. The second-order valence-electron chi connectivity index (χ2n) is 11.9. The van der Waals surface area contributed by atoms with E-state index in [4.69, 9.17) is 0 Å². The molecule has 0 bridgehead atoms. The number of hydrogen-bond acceptors (Lipinski definition) is 8. The van der Waals surface area contributed by atoms with Gasteiger partial charge in [-0.25, -0.2) is 4.98 Å².